The van der Waals surface area contributed by atoms with E-state index in [0.29, 0.717) is 29.4 Å². The standard InChI is InChI=1S/C22H28BrNO3/c1-4-5-6-9-14-26-20-13-12-17(23)15-18(20)22(25)24-19-10-7-8-11-21(19)27-16(2)3/h7-8,10-13,15-16H,4-6,9,14H2,1-3H3,(H,24,25). The van der Waals surface area contributed by atoms with E-state index in [4.69, 9.17) is 9.47 Å². The first-order valence-electron chi connectivity index (χ1n) is 9.50. The van der Waals surface area contributed by atoms with Gasteiger partial charge in [0.25, 0.3) is 5.91 Å². The van der Waals surface area contributed by atoms with E-state index >= 15 is 0 Å². The quantitative estimate of drug-likeness (QED) is 0.438. The average molecular weight is 434 g/mol. The molecule has 4 nitrogen and oxygen atoms in total. The molecule has 27 heavy (non-hydrogen) atoms. The first-order valence-corrected chi connectivity index (χ1v) is 10.3. The zero-order valence-corrected chi connectivity index (χ0v) is 17.8. The molecule has 0 saturated heterocycles. The number of carbonyl (C=O) groups is 1. The summed E-state index contributed by atoms with van der Waals surface area (Å²) in [5, 5.41) is 2.95. The molecule has 146 valence electrons. The highest BCUT2D eigenvalue weighted by molar-refractivity contribution is 9.10. The molecule has 5 heteroatoms. The third-order valence-electron chi connectivity index (χ3n) is 3.94. The number of nitrogens with one attached hydrogen (secondary N) is 1. The van der Waals surface area contributed by atoms with Crippen LogP contribution in [0, 0.1) is 0 Å². The van der Waals surface area contributed by atoms with Crippen molar-refractivity contribution in [3.05, 3.63) is 52.5 Å². The minimum atomic E-state index is -0.223. The molecule has 2 aromatic carbocycles. The summed E-state index contributed by atoms with van der Waals surface area (Å²) in [6, 6.07) is 12.9. The number of anilines is 1. The van der Waals surface area contributed by atoms with E-state index in [-0.39, 0.29) is 12.0 Å². The van der Waals surface area contributed by atoms with Gasteiger partial charge in [0.2, 0.25) is 0 Å². The number of para-hydroxylation sites is 2. The van der Waals surface area contributed by atoms with Crippen LogP contribution in [0.2, 0.25) is 0 Å². The van der Waals surface area contributed by atoms with Gasteiger partial charge in [-0.3, -0.25) is 4.79 Å². The van der Waals surface area contributed by atoms with Crippen LogP contribution in [0.1, 0.15) is 56.8 Å². The lowest BCUT2D eigenvalue weighted by atomic mass is 10.1. The summed E-state index contributed by atoms with van der Waals surface area (Å²) in [5.41, 5.74) is 1.14. The maximum atomic E-state index is 12.9. The van der Waals surface area contributed by atoms with Crippen LogP contribution in [0.4, 0.5) is 5.69 Å². The summed E-state index contributed by atoms with van der Waals surface area (Å²) >= 11 is 3.44. The molecule has 0 aliphatic heterocycles. The lowest BCUT2D eigenvalue weighted by molar-refractivity contribution is 0.102. The van der Waals surface area contributed by atoms with E-state index in [2.05, 4.69) is 28.2 Å². The van der Waals surface area contributed by atoms with E-state index < -0.39 is 0 Å². The molecule has 1 amide bonds. The van der Waals surface area contributed by atoms with E-state index in [1.54, 1.807) is 6.07 Å². The second-order valence-corrected chi connectivity index (χ2v) is 7.58. The van der Waals surface area contributed by atoms with Gasteiger partial charge in [0.1, 0.15) is 11.5 Å². The Hall–Kier alpha value is -2.01. The molecular weight excluding hydrogens is 406 g/mol. The van der Waals surface area contributed by atoms with Crippen LogP contribution in [-0.2, 0) is 0 Å². The smallest absolute Gasteiger partial charge is 0.259 e. The summed E-state index contributed by atoms with van der Waals surface area (Å²) in [5.74, 6) is 1.02. The fourth-order valence-electron chi connectivity index (χ4n) is 2.63. The van der Waals surface area contributed by atoms with Crippen molar-refractivity contribution in [1.29, 1.82) is 0 Å². The van der Waals surface area contributed by atoms with E-state index in [0.717, 1.165) is 17.3 Å². The molecule has 0 aliphatic rings. The van der Waals surface area contributed by atoms with Crippen LogP contribution in [0.3, 0.4) is 0 Å². The van der Waals surface area contributed by atoms with Crippen molar-refractivity contribution in [1.82, 2.24) is 0 Å². The Labute approximate surface area is 170 Å². The second-order valence-electron chi connectivity index (χ2n) is 6.67. The molecule has 2 aromatic rings. The summed E-state index contributed by atoms with van der Waals surface area (Å²) in [4.78, 5) is 12.9. The Bertz CT molecular complexity index is 746. The minimum absolute atomic E-state index is 0.0240. The van der Waals surface area contributed by atoms with Crippen molar-refractivity contribution in [3.63, 3.8) is 0 Å². The number of rotatable bonds is 10. The molecule has 0 fully saturated rings. The molecule has 0 radical (unpaired) electrons. The van der Waals surface area contributed by atoms with Crippen LogP contribution in [0.5, 0.6) is 11.5 Å². The zero-order valence-electron chi connectivity index (χ0n) is 16.3. The fourth-order valence-corrected chi connectivity index (χ4v) is 2.99. The van der Waals surface area contributed by atoms with Crippen molar-refractivity contribution < 1.29 is 14.3 Å². The highest BCUT2D eigenvalue weighted by Gasteiger charge is 2.16. The lowest BCUT2D eigenvalue weighted by Gasteiger charge is -2.16. The number of ether oxygens (including phenoxy) is 2. The van der Waals surface area contributed by atoms with Gasteiger partial charge in [0, 0.05) is 4.47 Å². The monoisotopic (exact) mass is 433 g/mol. The third-order valence-corrected chi connectivity index (χ3v) is 4.43. The van der Waals surface area contributed by atoms with Crippen molar-refractivity contribution in [2.45, 2.75) is 52.6 Å². The Kier molecular flexibility index (Phi) is 8.65. The number of amides is 1. The molecule has 0 atom stereocenters. The van der Waals surface area contributed by atoms with Crippen LogP contribution in [-0.4, -0.2) is 18.6 Å². The van der Waals surface area contributed by atoms with E-state index in [9.17, 15) is 4.79 Å². The summed E-state index contributed by atoms with van der Waals surface area (Å²) in [6.45, 7) is 6.70. The van der Waals surface area contributed by atoms with Crippen molar-refractivity contribution >= 4 is 27.5 Å². The normalized spacial score (nSPS) is 10.7. The fraction of sp³-hybridized carbons (Fsp3) is 0.409. The molecular formula is C22H28BrNO3. The Morgan fingerprint density at radius 2 is 1.85 bits per heavy atom. The van der Waals surface area contributed by atoms with Gasteiger partial charge in [-0.15, -0.1) is 0 Å². The maximum Gasteiger partial charge on any atom is 0.259 e. The lowest BCUT2D eigenvalue weighted by Crippen LogP contribution is -2.16. The number of hydrogen-bond acceptors (Lipinski definition) is 3. The third kappa shape index (κ3) is 6.90. The Morgan fingerprint density at radius 3 is 2.59 bits per heavy atom. The second kappa shape index (κ2) is 11.0. The topological polar surface area (TPSA) is 47.6 Å². The zero-order chi connectivity index (χ0) is 19.6. The summed E-state index contributed by atoms with van der Waals surface area (Å²) < 4.78 is 12.5. The highest BCUT2D eigenvalue weighted by Crippen LogP contribution is 2.28. The average Bonchev–Trinajstić information content (AvgIpc) is 2.63. The largest absolute Gasteiger partial charge is 0.493 e. The molecule has 0 aliphatic carbocycles. The van der Waals surface area contributed by atoms with Gasteiger partial charge in [-0.25, -0.2) is 0 Å². The number of hydrogen-bond donors (Lipinski definition) is 1. The molecule has 1 N–H and O–H groups in total. The number of halogens is 1. The minimum Gasteiger partial charge on any atom is -0.493 e. The molecule has 2 rings (SSSR count). The van der Waals surface area contributed by atoms with Gasteiger partial charge in [0.15, 0.2) is 0 Å². The summed E-state index contributed by atoms with van der Waals surface area (Å²) in [6.07, 6.45) is 4.52. The Balaban J connectivity index is 2.12. The number of unbranched alkanes of at least 4 members (excludes halogenated alkanes) is 3. The van der Waals surface area contributed by atoms with Crippen molar-refractivity contribution in [2.24, 2.45) is 0 Å². The van der Waals surface area contributed by atoms with Gasteiger partial charge in [-0.2, -0.15) is 0 Å². The van der Waals surface area contributed by atoms with Gasteiger partial charge >= 0.3 is 0 Å². The molecule has 0 heterocycles. The van der Waals surface area contributed by atoms with Crippen LogP contribution < -0.4 is 14.8 Å². The van der Waals surface area contributed by atoms with Gasteiger partial charge in [0.05, 0.1) is 24.0 Å². The molecule has 0 unspecified atom stereocenters. The SMILES string of the molecule is CCCCCCOc1ccc(Br)cc1C(=O)Nc1ccccc1OC(C)C. The predicted octanol–water partition coefficient (Wildman–Crippen LogP) is 6.45. The molecule has 0 bridgehead atoms. The van der Waals surface area contributed by atoms with Crippen molar-refractivity contribution in [2.75, 3.05) is 11.9 Å². The Morgan fingerprint density at radius 1 is 1.07 bits per heavy atom. The van der Waals surface area contributed by atoms with Gasteiger partial charge in [-0.05, 0) is 50.6 Å². The van der Waals surface area contributed by atoms with Crippen molar-refractivity contribution in [3.8, 4) is 11.5 Å². The number of carbonyl (C=O) groups excluding carboxylic acids is 1. The maximum absolute atomic E-state index is 12.9. The van der Waals surface area contributed by atoms with Gasteiger partial charge < -0.3 is 14.8 Å². The van der Waals surface area contributed by atoms with E-state index in [1.807, 2.05) is 50.2 Å². The molecule has 0 saturated carbocycles. The first kappa shape index (κ1) is 21.3. The van der Waals surface area contributed by atoms with Crippen LogP contribution >= 0.6 is 15.9 Å². The highest BCUT2D eigenvalue weighted by atomic mass is 79.9. The summed E-state index contributed by atoms with van der Waals surface area (Å²) in [7, 11) is 0. The predicted molar refractivity (Wildman–Crippen MR) is 114 cm³/mol. The van der Waals surface area contributed by atoms with Crippen LogP contribution in [0.25, 0.3) is 0 Å². The van der Waals surface area contributed by atoms with Gasteiger partial charge in [-0.1, -0.05) is 54.2 Å². The molecule has 0 spiro atoms. The van der Waals surface area contributed by atoms with Crippen LogP contribution in [0.15, 0.2) is 46.9 Å². The van der Waals surface area contributed by atoms with E-state index in [1.165, 1.54) is 12.8 Å². The number of benzene rings is 2. The first-order chi connectivity index (χ1) is 13.0. The molecule has 0 aromatic heterocycles.